The van der Waals surface area contributed by atoms with Crippen LogP contribution in [0.15, 0.2) is 21.1 Å². The number of fused-ring (bicyclic) bond motifs is 1. The van der Waals surface area contributed by atoms with Crippen LogP contribution in [0.4, 0.5) is 0 Å². The Balaban J connectivity index is 1.87. The number of carboxylic acid groups (broad SMARTS) is 1. The van der Waals surface area contributed by atoms with Crippen molar-refractivity contribution >= 4 is 23.0 Å². The lowest BCUT2D eigenvalue weighted by molar-refractivity contribution is -0.137. The zero-order chi connectivity index (χ0) is 19.3. The number of hydrogen-bond donors (Lipinski definition) is 1. The molecule has 0 saturated heterocycles. The summed E-state index contributed by atoms with van der Waals surface area (Å²) in [5, 5.41) is 13.7. The first-order valence-electron chi connectivity index (χ1n) is 8.72. The summed E-state index contributed by atoms with van der Waals surface area (Å²) in [7, 11) is 0. The van der Waals surface area contributed by atoms with Crippen molar-refractivity contribution in [3.8, 4) is 11.3 Å². The molecule has 1 amide bonds. The minimum absolute atomic E-state index is 0.0432. The minimum Gasteiger partial charge on any atom is -0.480 e. The summed E-state index contributed by atoms with van der Waals surface area (Å²) < 4.78 is 10.9. The molecule has 27 heavy (non-hydrogen) atoms. The maximum Gasteiger partial charge on any atom is 0.323 e. The molecule has 8 heteroatoms. The third-order valence-corrected chi connectivity index (χ3v) is 4.72. The molecular formula is C19H19N3O5. The average Bonchev–Trinajstić information content (AvgIpc) is 3.31. The number of aromatic nitrogens is 2. The lowest BCUT2D eigenvalue weighted by atomic mass is 10.0. The van der Waals surface area contributed by atoms with Crippen LogP contribution in [0.2, 0.25) is 0 Å². The van der Waals surface area contributed by atoms with Gasteiger partial charge in [0.05, 0.1) is 22.3 Å². The Bertz CT molecular complexity index is 1060. The first kappa shape index (κ1) is 17.3. The van der Waals surface area contributed by atoms with Crippen LogP contribution >= 0.6 is 0 Å². The minimum atomic E-state index is -1.04. The maximum absolute atomic E-state index is 13.2. The molecule has 1 aliphatic carbocycles. The first-order valence-corrected chi connectivity index (χ1v) is 8.72. The van der Waals surface area contributed by atoms with Gasteiger partial charge in [-0.1, -0.05) is 5.16 Å². The van der Waals surface area contributed by atoms with Crippen molar-refractivity contribution in [2.75, 3.05) is 6.54 Å². The number of nitrogens with zero attached hydrogens (tertiary/aromatic N) is 3. The number of rotatable bonds is 5. The average molecular weight is 369 g/mol. The summed E-state index contributed by atoms with van der Waals surface area (Å²) in [5.74, 6) is 0.0249. The van der Waals surface area contributed by atoms with Gasteiger partial charge in [-0.25, -0.2) is 4.98 Å². The van der Waals surface area contributed by atoms with Crippen LogP contribution in [0, 0.1) is 20.8 Å². The molecule has 0 aromatic carbocycles. The molecule has 0 aliphatic heterocycles. The Morgan fingerprint density at radius 3 is 2.59 bits per heavy atom. The fourth-order valence-electron chi connectivity index (χ4n) is 3.34. The fraction of sp³-hybridized carbons (Fsp3) is 0.368. The molecule has 0 atom stereocenters. The van der Waals surface area contributed by atoms with Crippen LogP contribution in [0.25, 0.3) is 22.4 Å². The normalized spacial score (nSPS) is 13.9. The van der Waals surface area contributed by atoms with Gasteiger partial charge in [0.25, 0.3) is 11.6 Å². The predicted octanol–water partition coefficient (Wildman–Crippen LogP) is 3.10. The van der Waals surface area contributed by atoms with E-state index in [1.54, 1.807) is 13.0 Å². The van der Waals surface area contributed by atoms with Gasteiger partial charge in [-0.15, -0.1) is 0 Å². The molecule has 4 rings (SSSR count). The third-order valence-electron chi connectivity index (χ3n) is 4.72. The van der Waals surface area contributed by atoms with Gasteiger partial charge in [-0.3, -0.25) is 9.59 Å². The van der Waals surface area contributed by atoms with Crippen molar-refractivity contribution in [1.29, 1.82) is 0 Å². The summed E-state index contributed by atoms with van der Waals surface area (Å²) in [5.41, 5.74) is 2.42. The Hall–Kier alpha value is -3.16. The zero-order valence-corrected chi connectivity index (χ0v) is 15.3. The van der Waals surface area contributed by atoms with Gasteiger partial charge < -0.3 is 18.9 Å². The van der Waals surface area contributed by atoms with Gasteiger partial charge in [-0.2, -0.15) is 0 Å². The fourth-order valence-corrected chi connectivity index (χ4v) is 3.34. The van der Waals surface area contributed by atoms with Crippen molar-refractivity contribution in [2.24, 2.45) is 0 Å². The third kappa shape index (κ3) is 3.07. The number of carbonyl (C=O) groups is 2. The predicted molar refractivity (Wildman–Crippen MR) is 95.4 cm³/mol. The van der Waals surface area contributed by atoms with Crippen LogP contribution in [-0.2, 0) is 4.79 Å². The molecule has 0 spiro atoms. The van der Waals surface area contributed by atoms with E-state index in [0.717, 1.165) is 24.2 Å². The van der Waals surface area contributed by atoms with Crippen molar-refractivity contribution in [1.82, 2.24) is 15.0 Å². The lowest BCUT2D eigenvalue weighted by Crippen LogP contribution is -2.37. The molecule has 140 valence electrons. The number of aliphatic carboxylic acids is 1. The lowest BCUT2D eigenvalue weighted by Gasteiger charge is -2.20. The monoisotopic (exact) mass is 369 g/mol. The standard InChI is InChI=1S/C19H19N3O5/c1-9-6-13(11(3)26-9)15-7-14(17-10(2)21-27-18(17)20-15)19(25)22(8-16(23)24)12-4-5-12/h6-7,12H,4-5,8H2,1-3H3,(H,23,24). The summed E-state index contributed by atoms with van der Waals surface area (Å²) in [6.07, 6.45) is 1.62. The van der Waals surface area contributed by atoms with E-state index < -0.39 is 5.97 Å². The Morgan fingerprint density at radius 1 is 1.26 bits per heavy atom. The second-order valence-corrected chi connectivity index (χ2v) is 6.89. The van der Waals surface area contributed by atoms with Crippen LogP contribution in [0.5, 0.6) is 0 Å². The van der Waals surface area contributed by atoms with Crippen LogP contribution in [0.3, 0.4) is 0 Å². The highest BCUT2D eigenvalue weighted by Crippen LogP contribution is 2.33. The SMILES string of the molecule is Cc1cc(-c2cc(C(=O)N(CC(=O)O)C3CC3)c3c(C)noc3n2)c(C)o1. The zero-order valence-electron chi connectivity index (χ0n) is 15.3. The Morgan fingerprint density at radius 2 is 2.00 bits per heavy atom. The van der Waals surface area contributed by atoms with E-state index in [9.17, 15) is 14.7 Å². The largest absolute Gasteiger partial charge is 0.480 e. The second kappa shape index (κ2) is 6.22. The molecule has 0 bridgehead atoms. The smallest absolute Gasteiger partial charge is 0.323 e. The molecule has 1 aliphatic rings. The second-order valence-electron chi connectivity index (χ2n) is 6.89. The Kier molecular flexibility index (Phi) is 3.98. The number of aryl methyl sites for hydroxylation is 3. The number of amides is 1. The summed E-state index contributed by atoms with van der Waals surface area (Å²) >= 11 is 0. The van der Waals surface area contributed by atoms with E-state index in [-0.39, 0.29) is 24.2 Å². The molecule has 0 unspecified atom stereocenters. The molecule has 3 aromatic rings. The number of hydrogen-bond acceptors (Lipinski definition) is 6. The summed E-state index contributed by atoms with van der Waals surface area (Å²) in [6.45, 7) is 5.05. The van der Waals surface area contributed by atoms with Gasteiger partial charge in [0.1, 0.15) is 18.1 Å². The molecule has 8 nitrogen and oxygen atoms in total. The van der Waals surface area contributed by atoms with E-state index in [2.05, 4.69) is 10.1 Å². The van der Waals surface area contributed by atoms with Crippen molar-refractivity contribution in [3.05, 3.63) is 34.9 Å². The highest BCUT2D eigenvalue weighted by atomic mass is 16.5. The van der Waals surface area contributed by atoms with Crippen molar-refractivity contribution in [3.63, 3.8) is 0 Å². The van der Waals surface area contributed by atoms with Gasteiger partial charge in [0.15, 0.2) is 0 Å². The Labute approximate surface area is 154 Å². The molecule has 1 saturated carbocycles. The highest BCUT2D eigenvalue weighted by Gasteiger charge is 2.36. The number of carboxylic acids is 1. The van der Waals surface area contributed by atoms with E-state index in [0.29, 0.717) is 28.1 Å². The van der Waals surface area contributed by atoms with Gasteiger partial charge in [-0.05, 0) is 45.7 Å². The number of pyridine rings is 1. The molecule has 1 fully saturated rings. The number of carbonyl (C=O) groups excluding carboxylic acids is 1. The number of furan rings is 1. The van der Waals surface area contributed by atoms with Gasteiger partial charge in [0.2, 0.25) is 0 Å². The van der Waals surface area contributed by atoms with Crippen molar-refractivity contribution in [2.45, 2.75) is 39.7 Å². The summed E-state index contributed by atoms with van der Waals surface area (Å²) in [6, 6.07) is 3.47. The molecule has 3 aromatic heterocycles. The van der Waals surface area contributed by atoms with E-state index in [4.69, 9.17) is 8.94 Å². The molecule has 1 N–H and O–H groups in total. The van der Waals surface area contributed by atoms with E-state index in [1.165, 1.54) is 4.90 Å². The van der Waals surface area contributed by atoms with Crippen molar-refractivity contribution < 1.29 is 23.6 Å². The van der Waals surface area contributed by atoms with E-state index in [1.807, 2.05) is 19.9 Å². The quantitative estimate of drug-likeness (QED) is 0.736. The molecular weight excluding hydrogens is 350 g/mol. The molecule has 3 heterocycles. The first-order chi connectivity index (χ1) is 12.8. The van der Waals surface area contributed by atoms with Crippen LogP contribution < -0.4 is 0 Å². The van der Waals surface area contributed by atoms with E-state index >= 15 is 0 Å². The van der Waals surface area contributed by atoms with Gasteiger partial charge in [0, 0.05) is 11.6 Å². The summed E-state index contributed by atoms with van der Waals surface area (Å²) in [4.78, 5) is 30.4. The van der Waals surface area contributed by atoms with Crippen LogP contribution in [-0.4, -0.2) is 44.6 Å². The highest BCUT2D eigenvalue weighted by molar-refractivity contribution is 6.07. The maximum atomic E-state index is 13.2. The topological polar surface area (TPSA) is 110 Å². The van der Waals surface area contributed by atoms with Crippen LogP contribution in [0.1, 0.15) is 40.4 Å². The molecule has 0 radical (unpaired) electrons. The van der Waals surface area contributed by atoms with Gasteiger partial charge >= 0.3 is 5.97 Å².